The van der Waals surface area contributed by atoms with E-state index in [1.165, 1.54) is 32.9 Å². The van der Waals surface area contributed by atoms with Gasteiger partial charge in [-0.1, -0.05) is 66.7 Å². The van der Waals surface area contributed by atoms with Crippen LogP contribution in [-0.2, 0) is 19.8 Å². The lowest BCUT2D eigenvalue weighted by Gasteiger charge is -2.07. The third-order valence-electron chi connectivity index (χ3n) is 5.34. The normalized spacial score (nSPS) is 11.4. The van der Waals surface area contributed by atoms with Crippen LogP contribution in [0, 0.1) is 0 Å². The molecule has 0 saturated carbocycles. The summed E-state index contributed by atoms with van der Waals surface area (Å²) < 4.78 is 4.62. The maximum Gasteiger partial charge on any atom is 0.0728 e. The van der Waals surface area contributed by atoms with Gasteiger partial charge >= 0.3 is 0 Å². The monoisotopic (exact) mass is 365 g/mol. The van der Waals surface area contributed by atoms with E-state index in [2.05, 4.69) is 112 Å². The Morgan fingerprint density at radius 1 is 0.679 bits per heavy atom. The number of benzene rings is 3. The molecule has 0 unspecified atom stereocenters. The Balaban J connectivity index is 1.37. The van der Waals surface area contributed by atoms with Crippen molar-refractivity contribution in [1.29, 1.82) is 0 Å². The number of rotatable bonds is 6. The molecule has 138 valence electrons. The van der Waals surface area contributed by atoms with Crippen molar-refractivity contribution in [3.05, 3.63) is 108 Å². The van der Waals surface area contributed by atoms with Crippen LogP contribution >= 0.6 is 0 Å². The molecule has 0 aliphatic heterocycles. The predicted molar refractivity (Wildman–Crippen MR) is 116 cm³/mol. The number of nitrogens with zero attached hydrogens (tertiary/aromatic N) is 2. The standard InChI is InChI=1S/C25H23N3/c1-2-8-20(9-3-1)17-28-18-22(23-11-5-7-13-25(23)28)16-26-19-27-15-14-21-10-4-6-12-24(21)27/h1-15,18,26H,16-17,19H2. The second-order valence-electron chi connectivity index (χ2n) is 7.21. The molecule has 3 heteroatoms. The highest BCUT2D eigenvalue weighted by atomic mass is 15.1. The van der Waals surface area contributed by atoms with Crippen molar-refractivity contribution in [3.63, 3.8) is 0 Å². The molecule has 0 radical (unpaired) electrons. The number of aromatic nitrogens is 2. The lowest BCUT2D eigenvalue weighted by Crippen LogP contribution is -2.17. The molecule has 2 aromatic heterocycles. The minimum absolute atomic E-state index is 0.797. The molecule has 1 N–H and O–H groups in total. The van der Waals surface area contributed by atoms with Gasteiger partial charge in [-0.25, -0.2) is 0 Å². The molecule has 5 aromatic rings. The van der Waals surface area contributed by atoms with Gasteiger partial charge in [-0.3, -0.25) is 5.32 Å². The van der Waals surface area contributed by atoms with E-state index in [0.29, 0.717) is 0 Å². The average Bonchev–Trinajstić information content (AvgIpc) is 3.31. The Morgan fingerprint density at radius 2 is 1.43 bits per heavy atom. The predicted octanol–water partition coefficient (Wildman–Crippen LogP) is 5.39. The summed E-state index contributed by atoms with van der Waals surface area (Å²) in [5, 5.41) is 6.22. The molecule has 0 bridgehead atoms. The molecular formula is C25H23N3. The zero-order valence-electron chi connectivity index (χ0n) is 15.8. The summed E-state index contributed by atoms with van der Waals surface area (Å²) in [5.41, 5.74) is 5.21. The van der Waals surface area contributed by atoms with Crippen molar-refractivity contribution in [2.24, 2.45) is 0 Å². The van der Waals surface area contributed by atoms with Crippen molar-refractivity contribution in [2.45, 2.75) is 19.8 Å². The molecule has 2 heterocycles. The van der Waals surface area contributed by atoms with Gasteiger partial charge in [-0.15, -0.1) is 0 Å². The van der Waals surface area contributed by atoms with Crippen LogP contribution in [-0.4, -0.2) is 9.13 Å². The van der Waals surface area contributed by atoms with Crippen molar-refractivity contribution in [3.8, 4) is 0 Å². The Hall–Kier alpha value is -3.30. The highest BCUT2D eigenvalue weighted by Gasteiger charge is 2.08. The average molecular weight is 365 g/mol. The van der Waals surface area contributed by atoms with E-state index in [9.17, 15) is 0 Å². The summed E-state index contributed by atoms with van der Waals surface area (Å²) in [6.07, 6.45) is 4.44. The van der Waals surface area contributed by atoms with Crippen molar-refractivity contribution in [1.82, 2.24) is 14.5 Å². The SMILES string of the molecule is c1ccc(Cn2cc(CNCn3ccc4ccccc43)c3ccccc32)cc1. The van der Waals surface area contributed by atoms with Crippen LogP contribution in [0.4, 0.5) is 0 Å². The van der Waals surface area contributed by atoms with Gasteiger partial charge in [-0.05, 0) is 34.7 Å². The van der Waals surface area contributed by atoms with E-state index in [1.54, 1.807) is 0 Å². The molecule has 0 aliphatic carbocycles. The quantitative estimate of drug-likeness (QED) is 0.428. The van der Waals surface area contributed by atoms with E-state index in [1.807, 2.05) is 0 Å². The molecule has 0 fully saturated rings. The topological polar surface area (TPSA) is 21.9 Å². The molecule has 28 heavy (non-hydrogen) atoms. The van der Waals surface area contributed by atoms with Crippen LogP contribution in [0.5, 0.6) is 0 Å². The van der Waals surface area contributed by atoms with Crippen LogP contribution < -0.4 is 5.32 Å². The second kappa shape index (κ2) is 7.37. The number of hydrogen-bond donors (Lipinski definition) is 1. The number of hydrogen-bond acceptors (Lipinski definition) is 1. The fourth-order valence-corrected chi connectivity index (χ4v) is 3.96. The molecule has 0 amide bonds. The first-order valence-electron chi connectivity index (χ1n) is 9.74. The molecule has 5 rings (SSSR count). The molecule has 3 aromatic carbocycles. The van der Waals surface area contributed by atoms with Gasteiger partial charge < -0.3 is 9.13 Å². The summed E-state index contributed by atoms with van der Waals surface area (Å²) in [4.78, 5) is 0. The Labute approximate surface area is 164 Å². The second-order valence-corrected chi connectivity index (χ2v) is 7.21. The molecule has 0 atom stereocenters. The fourth-order valence-electron chi connectivity index (χ4n) is 3.96. The first-order valence-corrected chi connectivity index (χ1v) is 9.74. The van der Waals surface area contributed by atoms with Gasteiger partial charge in [0.1, 0.15) is 0 Å². The van der Waals surface area contributed by atoms with Crippen LogP contribution in [0.3, 0.4) is 0 Å². The van der Waals surface area contributed by atoms with Gasteiger partial charge in [0.05, 0.1) is 6.67 Å². The fraction of sp³-hybridized carbons (Fsp3) is 0.120. The minimum Gasteiger partial charge on any atom is -0.343 e. The van der Waals surface area contributed by atoms with E-state index in [0.717, 1.165) is 19.8 Å². The third-order valence-corrected chi connectivity index (χ3v) is 5.34. The van der Waals surface area contributed by atoms with Crippen molar-refractivity contribution >= 4 is 21.8 Å². The summed E-state index contributed by atoms with van der Waals surface area (Å²) in [5.74, 6) is 0. The van der Waals surface area contributed by atoms with Gasteiger partial charge in [0, 0.05) is 41.9 Å². The Bertz CT molecular complexity index is 1210. The highest BCUT2D eigenvalue weighted by Crippen LogP contribution is 2.22. The van der Waals surface area contributed by atoms with Crippen LogP contribution in [0.25, 0.3) is 21.8 Å². The molecular weight excluding hydrogens is 342 g/mol. The van der Waals surface area contributed by atoms with Gasteiger partial charge in [0.15, 0.2) is 0 Å². The number of para-hydroxylation sites is 2. The van der Waals surface area contributed by atoms with E-state index < -0.39 is 0 Å². The lowest BCUT2D eigenvalue weighted by atomic mass is 10.2. The minimum atomic E-state index is 0.797. The summed E-state index contributed by atoms with van der Waals surface area (Å²) in [7, 11) is 0. The first kappa shape index (κ1) is 16.8. The third kappa shape index (κ3) is 3.21. The number of nitrogens with one attached hydrogen (secondary N) is 1. The number of fused-ring (bicyclic) bond motifs is 2. The first-order chi connectivity index (χ1) is 13.9. The molecule has 0 aliphatic rings. The zero-order chi connectivity index (χ0) is 18.8. The molecule has 0 spiro atoms. The Kier molecular flexibility index (Phi) is 4.43. The van der Waals surface area contributed by atoms with E-state index in [-0.39, 0.29) is 0 Å². The van der Waals surface area contributed by atoms with E-state index >= 15 is 0 Å². The zero-order valence-corrected chi connectivity index (χ0v) is 15.8. The molecule has 3 nitrogen and oxygen atoms in total. The summed E-state index contributed by atoms with van der Waals surface area (Å²) in [6.45, 7) is 2.53. The van der Waals surface area contributed by atoms with Gasteiger partial charge in [0.25, 0.3) is 0 Å². The highest BCUT2D eigenvalue weighted by molar-refractivity contribution is 5.84. The smallest absolute Gasteiger partial charge is 0.0728 e. The largest absolute Gasteiger partial charge is 0.343 e. The van der Waals surface area contributed by atoms with Crippen LogP contribution in [0.2, 0.25) is 0 Å². The van der Waals surface area contributed by atoms with Crippen molar-refractivity contribution < 1.29 is 0 Å². The summed E-state index contributed by atoms with van der Waals surface area (Å²) >= 11 is 0. The van der Waals surface area contributed by atoms with Crippen molar-refractivity contribution in [2.75, 3.05) is 0 Å². The van der Waals surface area contributed by atoms with Gasteiger partial charge in [-0.2, -0.15) is 0 Å². The van der Waals surface area contributed by atoms with Gasteiger partial charge in [0.2, 0.25) is 0 Å². The maximum absolute atomic E-state index is 3.62. The van der Waals surface area contributed by atoms with Crippen LogP contribution in [0.15, 0.2) is 97.3 Å². The van der Waals surface area contributed by atoms with E-state index in [4.69, 9.17) is 0 Å². The maximum atomic E-state index is 3.62. The lowest BCUT2D eigenvalue weighted by molar-refractivity contribution is 0.572. The van der Waals surface area contributed by atoms with Crippen LogP contribution in [0.1, 0.15) is 11.1 Å². The molecule has 0 saturated heterocycles. The summed E-state index contributed by atoms with van der Waals surface area (Å²) in [6, 6.07) is 30.0. The Morgan fingerprint density at radius 3 is 2.32 bits per heavy atom.